The number of para-hydroxylation sites is 1. The van der Waals surface area contributed by atoms with E-state index in [1.165, 1.54) is 0 Å². The molecule has 7 heteroatoms. The number of hydrogen-bond donors (Lipinski definition) is 0. The van der Waals surface area contributed by atoms with E-state index in [4.69, 9.17) is 16.3 Å². The summed E-state index contributed by atoms with van der Waals surface area (Å²) in [5.74, 6) is 0.630. The van der Waals surface area contributed by atoms with Crippen molar-refractivity contribution < 1.29 is 9.53 Å². The number of aromatic nitrogens is 1. The summed E-state index contributed by atoms with van der Waals surface area (Å²) in [7, 11) is 1.67. The Balaban J connectivity index is 1.75. The molecule has 176 valence electrons. The third kappa shape index (κ3) is 4.14. The highest BCUT2D eigenvalue weighted by molar-refractivity contribution is 7.99. The van der Waals surface area contributed by atoms with E-state index in [0.717, 1.165) is 52.5 Å². The SMILES string of the molecule is COc1ccccc1C1Cc2c(C(=O)N3CCCCC3)c(=O)cc(C)n2-c2ccc(Cl)cc2S1. The van der Waals surface area contributed by atoms with Crippen LogP contribution in [-0.2, 0) is 6.42 Å². The third-order valence-corrected chi connectivity index (χ3v) is 8.17. The first-order valence-electron chi connectivity index (χ1n) is 11.6. The lowest BCUT2D eigenvalue weighted by Crippen LogP contribution is -2.39. The first-order chi connectivity index (χ1) is 16.5. The van der Waals surface area contributed by atoms with Gasteiger partial charge in [-0.05, 0) is 50.5 Å². The quantitative estimate of drug-likeness (QED) is 0.460. The molecule has 3 heterocycles. The monoisotopic (exact) mass is 494 g/mol. The lowest BCUT2D eigenvalue weighted by atomic mass is 9.99. The lowest BCUT2D eigenvalue weighted by Gasteiger charge is -2.28. The highest BCUT2D eigenvalue weighted by Crippen LogP contribution is 2.47. The summed E-state index contributed by atoms with van der Waals surface area (Å²) in [6.07, 6.45) is 3.59. The predicted molar refractivity (Wildman–Crippen MR) is 137 cm³/mol. The number of piperidine rings is 1. The van der Waals surface area contributed by atoms with Gasteiger partial charge in [-0.15, -0.1) is 11.8 Å². The Morgan fingerprint density at radius 2 is 1.85 bits per heavy atom. The van der Waals surface area contributed by atoms with Crippen molar-refractivity contribution in [1.82, 2.24) is 9.47 Å². The summed E-state index contributed by atoms with van der Waals surface area (Å²) < 4.78 is 7.75. The molecule has 1 atom stereocenters. The Kier molecular flexibility index (Phi) is 6.45. The van der Waals surface area contributed by atoms with E-state index in [1.807, 2.05) is 48.2 Å². The minimum absolute atomic E-state index is 0.0591. The average molecular weight is 495 g/mol. The molecule has 0 bridgehead atoms. The van der Waals surface area contributed by atoms with Crippen LogP contribution in [-0.4, -0.2) is 35.6 Å². The van der Waals surface area contributed by atoms with Gasteiger partial charge in [0.2, 0.25) is 0 Å². The van der Waals surface area contributed by atoms with Crippen LogP contribution < -0.4 is 10.2 Å². The van der Waals surface area contributed by atoms with E-state index < -0.39 is 0 Å². The zero-order valence-electron chi connectivity index (χ0n) is 19.3. The van der Waals surface area contributed by atoms with E-state index in [2.05, 4.69) is 10.6 Å². The van der Waals surface area contributed by atoms with Gasteiger partial charge in [0.05, 0.1) is 12.8 Å². The van der Waals surface area contributed by atoms with Gasteiger partial charge in [-0.2, -0.15) is 0 Å². The average Bonchev–Trinajstić information content (AvgIpc) is 3.01. The van der Waals surface area contributed by atoms with Crippen LogP contribution in [0.5, 0.6) is 5.75 Å². The first kappa shape index (κ1) is 23.1. The summed E-state index contributed by atoms with van der Waals surface area (Å²) in [4.78, 5) is 29.9. The Morgan fingerprint density at radius 1 is 1.09 bits per heavy atom. The zero-order valence-corrected chi connectivity index (χ0v) is 20.9. The minimum Gasteiger partial charge on any atom is -0.496 e. The number of carbonyl (C=O) groups is 1. The van der Waals surface area contributed by atoms with Crippen LogP contribution in [0.25, 0.3) is 5.69 Å². The fraction of sp³-hybridized carbons (Fsp3) is 0.333. The maximum Gasteiger partial charge on any atom is 0.259 e. The van der Waals surface area contributed by atoms with Crippen LogP contribution in [0, 0.1) is 6.92 Å². The summed E-state index contributed by atoms with van der Waals surface area (Å²) in [5.41, 5.74) is 3.60. The Hall–Kier alpha value is -2.70. The number of likely N-dealkylation sites (tertiary alicyclic amines) is 1. The van der Waals surface area contributed by atoms with Crippen molar-refractivity contribution in [1.29, 1.82) is 0 Å². The number of pyridine rings is 1. The molecule has 34 heavy (non-hydrogen) atoms. The van der Waals surface area contributed by atoms with Gasteiger partial charge in [0.15, 0.2) is 5.43 Å². The van der Waals surface area contributed by atoms with Gasteiger partial charge in [-0.1, -0.05) is 29.8 Å². The normalized spacial score (nSPS) is 17.5. The number of fused-ring (bicyclic) bond motifs is 3. The number of nitrogens with zero attached hydrogens (tertiary/aromatic N) is 2. The molecule has 2 aliphatic heterocycles. The number of amides is 1. The van der Waals surface area contributed by atoms with E-state index >= 15 is 0 Å². The van der Waals surface area contributed by atoms with Crippen molar-refractivity contribution in [3.8, 4) is 11.4 Å². The predicted octanol–water partition coefficient (Wildman–Crippen LogP) is 5.82. The lowest BCUT2D eigenvalue weighted by molar-refractivity contribution is 0.0721. The summed E-state index contributed by atoms with van der Waals surface area (Å²) in [6.45, 7) is 3.32. The molecule has 0 aliphatic carbocycles. The van der Waals surface area contributed by atoms with Crippen LogP contribution in [0.15, 0.2) is 58.2 Å². The van der Waals surface area contributed by atoms with Gasteiger partial charge in [0.25, 0.3) is 5.91 Å². The largest absolute Gasteiger partial charge is 0.496 e. The highest BCUT2D eigenvalue weighted by atomic mass is 35.5. The van der Waals surface area contributed by atoms with Crippen molar-refractivity contribution in [3.05, 3.63) is 86.3 Å². The molecule has 0 radical (unpaired) electrons. The van der Waals surface area contributed by atoms with Crippen molar-refractivity contribution in [3.63, 3.8) is 0 Å². The zero-order chi connectivity index (χ0) is 23.8. The van der Waals surface area contributed by atoms with Crippen molar-refractivity contribution in [2.75, 3.05) is 20.2 Å². The number of ether oxygens (including phenoxy) is 1. The maximum atomic E-state index is 13.7. The van der Waals surface area contributed by atoms with E-state index in [-0.39, 0.29) is 22.1 Å². The van der Waals surface area contributed by atoms with Crippen molar-refractivity contribution in [2.45, 2.75) is 42.8 Å². The van der Waals surface area contributed by atoms with Crippen LogP contribution >= 0.6 is 23.4 Å². The fourth-order valence-electron chi connectivity index (χ4n) is 5.05. The number of hydrogen-bond acceptors (Lipinski definition) is 4. The van der Waals surface area contributed by atoms with Gasteiger partial charge < -0.3 is 14.2 Å². The molecular formula is C27H27ClN2O3S. The number of benzene rings is 2. The van der Waals surface area contributed by atoms with Crippen molar-refractivity contribution >= 4 is 29.3 Å². The van der Waals surface area contributed by atoms with Gasteiger partial charge >= 0.3 is 0 Å². The van der Waals surface area contributed by atoms with Crippen LogP contribution in [0.1, 0.15) is 51.8 Å². The van der Waals surface area contributed by atoms with Crippen molar-refractivity contribution in [2.24, 2.45) is 0 Å². The second-order valence-corrected chi connectivity index (χ2v) is 10.5. The molecule has 0 spiro atoms. The molecule has 1 amide bonds. The molecule has 1 aromatic heterocycles. The van der Waals surface area contributed by atoms with Gasteiger partial charge in [-0.3, -0.25) is 9.59 Å². The molecule has 0 N–H and O–H groups in total. The Labute approximate surface area is 208 Å². The van der Waals surface area contributed by atoms with Crippen LogP contribution in [0.4, 0.5) is 0 Å². The molecule has 3 aromatic rings. The van der Waals surface area contributed by atoms with E-state index in [1.54, 1.807) is 24.9 Å². The number of methoxy groups -OCH3 is 1. The topological polar surface area (TPSA) is 51.5 Å². The Bertz CT molecular complexity index is 1310. The maximum absolute atomic E-state index is 13.7. The molecular weight excluding hydrogens is 468 g/mol. The number of carbonyl (C=O) groups excluding carboxylic acids is 1. The standard InChI is InChI=1S/C27H27ClN2O3S/c1-17-14-22(31)26(27(32)29-12-6-3-7-13-29)21-16-24(19-8-4-5-9-23(19)33-2)34-25-15-18(28)10-11-20(25)30(17)21/h4-5,8-11,14-15,24H,3,6-7,12-13,16H2,1-2H3. The summed E-state index contributed by atoms with van der Waals surface area (Å²) >= 11 is 8.09. The Morgan fingerprint density at radius 3 is 2.62 bits per heavy atom. The fourth-order valence-corrected chi connectivity index (χ4v) is 6.63. The smallest absolute Gasteiger partial charge is 0.259 e. The number of aryl methyl sites for hydroxylation is 1. The molecule has 1 unspecified atom stereocenters. The van der Waals surface area contributed by atoms with Gasteiger partial charge in [0.1, 0.15) is 11.3 Å². The van der Waals surface area contributed by atoms with Gasteiger partial charge in [-0.25, -0.2) is 0 Å². The van der Waals surface area contributed by atoms with Crippen LogP contribution in [0.2, 0.25) is 5.02 Å². The number of rotatable bonds is 3. The summed E-state index contributed by atoms with van der Waals surface area (Å²) in [5, 5.41) is 0.591. The summed E-state index contributed by atoms with van der Waals surface area (Å²) in [6, 6.07) is 15.3. The van der Waals surface area contributed by atoms with E-state index in [0.29, 0.717) is 24.5 Å². The molecule has 5 rings (SSSR count). The van der Waals surface area contributed by atoms with Gasteiger partial charge in [0, 0.05) is 57.7 Å². The first-order valence-corrected chi connectivity index (χ1v) is 12.9. The number of halogens is 1. The van der Waals surface area contributed by atoms with Crippen LogP contribution in [0.3, 0.4) is 0 Å². The molecule has 1 saturated heterocycles. The molecule has 2 aliphatic rings. The molecule has 0 saturated carbocycles. The molecule has 2 aromatic carbocycles. The highest BCUT2D eigenvalue weighted by Gasteiger charge is 2.32. The van der Waals surface area contributed by atoms with E-state index in [9.17, 15) is 9.59 Å². The second-order valence-electron chi connectivity index (χ2n) is 8.82. The second kappa shape index (κ2) is 9.51. The molecule has 5 nitrogen and oxygen atoms in total. The third-order valence-electron chi connectivity index (χ3n) is 6.65. The minimum atomic E-state index is -0.208. The molecule has 1 fully saturated rings. The number of thioether (sulfide) groups is 1.